The van der Waals surface area contributed by atoms with Crippen LogP contribution in [0.4, 0.5) is 11.4 Å². The van der Waals surface area contributed by atoms with E-state index in [2.05, 4.69) is 134 Å². The van der Waals surface area contributed by atoms with Crippen molar-refractivity contribution < 1.29 is 4.58 Å². The van der Waals surface area contributed by atoms with E-state index in [1.807, 2.05) is 6.33 Å². The lowest BCUT2D eigenvalue weighted by Gasteiger charge is -2.37. The van der Waals surface area contributed by atoms with Gasteiger partial charge in [-0.05, 0) is 50.7 Å². The largest absolute Gasteiger partial charge is 0.364 e. The topological polar surface area (TPSA) is 37.0 Å². The van der Waals surface area contributed by atoms with Crippen LogP contribution in [0.1, 0.15) is 104 Å². The van der Waals surface area contributed by atoms with E-state index in [4.69, 9.17) is 5.10 Å². The van der Waals surface area contributed by atoms with E-state index in [1.54, 1.807) is 6.33 Å². The number of benzene rings is 2. The Balaban J connectivity index is 1.32. The standard InChI is InChI=1S/C40H54N5/c1-7-9-26-43-34-20-13-11-18-32(34)39(3,4)36(43)24-22-30-16-15-17-31(38(30)45-29-41-28-42-45)23-25-37-40(5,6)33-19-12-14-21-35(33)44(37)27-10-8-2/h11-14,18-25,28-31,36,38H,7-10,15-17,26-27H2,1-6H3/q+1/b24-22+,25-23+. The number of allylic oxidation sites excluding steroid dienone is 3. The molecule has 0 N–H and O–H groups in total. The molecule has 4 unspecified atom stereocenters. The molecule has 3 aliphatic rings. The maximum atomic E-state index is 4.74. The quantitative estimate of drug-likeness (QED) is 0.162. The van der Waals surface area contributed by atoms with Gasteiger partial charge in [0.05, 0.1) is 17.5 Å². The maximum absolute atomic E-state index is 4.74. The number of nitrogens with zero attached hydrogens (tertiary/aromatic N) is 5. The summed E-state index contributed by atoms with van der Waals surface area (Å²) >= 11 is 0. The molecule has 0 spiro atoms. The highest BCUT2D eigenvalue weighted by molar-refractivity contribution is 6.03. The van der Waals surface area contributed by atoms with Crippen molar-refractivity contribution in [3.63, 3.8) is 0 Å². The number of anilines is 1. The van der Waals surface area contributed by atoms with Crippen molar-refractivity contribution in [2.75, 3.05) is 18.0 Å². The van der Waals surface area contributed by atoms with E-state index in [1.165, 1.54) is 73.2 Å². The highest BCUT2D eigenvalue weighted by Crippen LogP contribution is 2.47. The number of unbranched alkanes of at least 4 members (excludes halogenated alkanes) is 2. The number of hydrogen-bond acceptors (Lipinski definition) is 3. The lowest BCUT2D eigenvalue weighted by molar-refractivity contribution is -0.438. The third-order valence-electron chi connectivity index (χ3n) is 11.0. The molecule has 1 fully saturated rings. The van der Waals surface area contributed by atoms with Crippen LogP contribution in [0.25, 0.3) is 0 Å². The van der Waals surface area contributed by atoms with Gasteiger partial charge in [-0.1, -0.05) is 102 Å². The third kappa shape index (κ3) is 5.84. The molecule has 45 heavy (non-hydrogen) atoms. The van der Waals surface area contributed by atoms with Gasteiger partial charge in [0.15, 0.2) is 5.71 Å². The molecule has 3 aromatic rings. The molecule has 2 aromatic carbocycles. The second-order valence-electron chi connectivity index (χ2n) is 14.6. The minimum Gasteiger partial charge on any atom is -0.364 e. The first kappa shape index (κ1) is 31.5. The van der Waals surface area contributed by atoms with Gasteiger partial charge in [-0.3, -0.25) is 0 Å². The molecule has 238 valence electrons. The molecule has 4 atom stereocenters. The van der Waals surface area contributed by atoms with Crippen LogP contribution in [0.2, 0.25) is 0 Å². The van der Waals surface area contributed by atoms with E-state index < -0.39 is 0 Å². The molecule has 0 bridgehead atoms. The van der Waals surface area contributed by atoms with Crippen molar-refractivity contribution in [2.45, 2.75) is 109 Å². The summed E-state index contributed by atoms with van der Waals surface area (Å²) < 4.78 is 4.74. The number of hydrogen-bond donors (Lipinski definition) is 0. The van der Waals surface area contributed by atoms with Crippen LogP contribution >= 0.6 is 0 Å². The zero-order valence-electron chi connectivity index (χ0n) is 28.5. The Morgan fingerprint density at radius 1 is 0.867 bits per heavy atom. The summed E-state index contributed by atoms with van der Waals surface area (Å²) in [7, 11) is 0. The molecular formula is C40H54N5+. The van der Waals surface area contributed by atoms with Crippen LogP contribution in [0.3, 0.4) is 0 Å². The van der Waals surface area contributed by atoms with Crippen molar-refractivity contribution in [1.29, 1.82) is 0 Å². The lowest BCUT2D eigenvalue weighted by Crippen LogP contribution is -2.41. The number of para-hydroxylation sites is 2. The summed E-state index contributed by atoms with van der Waals surface area (Å²) in [4.78, 5) is 7.08. The Bertz CT molecular complexity index is 1540. The minimum absolute atomic E-state index is 0.0252. The number of aromatic nitrogens is 3. The Labute approximate surface area is 271 Å². The Morgan fingerprint density at radius 3 is 2.31 bits per heavy atom. The monoisotopic (exact) mass is 604 g/mol. The Morgan fingerprint density at radius 2 is 1.58 bits per heavy atom. The summed E-state index contributed by atoms with van der Waals surface area (Å²) in [6.45, 7) is 16.4. The van der Waals surface area contributed by atoms with Gasteiger partial charge >= 0.3 is 0 Å². The molecule has 0 amide bonds. The van der Waals surface area contributed by atoms with E-state index in [9.17, 15) is 0 Å². The molecule has 1 aromatic heterocycles. The fourth-order valence-electron chi connectivity index (χ4n) is 8.49. The summed E-state index contributed by atoms with van der Waals surface area (Å²) in [5.41, 5.74) is 7.14. The van der Waals surface area contributed by atoms with Gasteiger partial charge in [-0.2, -0.15) is 9.67 Å². The van der Waals surface area contributed by atoms with Crippen LogP contribution in [0.5, 0.6) is 0 Å². The molecule has 5 heteroatoms. The number of rotatable bonds is 11. The molecule has 2 aliphatic heterocycles. The SMILES string of the molecule is CCCCN1c2ccccc2C(C)(C)C1/C=C/C1CCCC(/C=C/C2=[N+](CCCC)c3ccccc3C2(C)C)C1n1cncn1. The second kappa shape index (κ2) is 13.1. The zero-order valence-corrected chi connectivity index (χ0v) is 28.5. The van der Waals surface area contributed by atoms with E-state index >= 15 is 0 Å². The average Bonchev–Trinajstić information content (AvgIpc) is 3.70. The highest BCUT2D eigenvalue weighted by Gasteiger charge is 2.45. The average molecular weight is 605 g/mol. The molecule has 3 heterocycles. The minimum atomic E-state index is -0.0252. The van der Waals surface area contributed by atoms with Gasteiger partial charge in [-0.25, -0.2) is 9.67 Å². The van der Waals surface area contributed by atoms with Crippen molar-refractivity contribution in [3.05, 3.63) is 96.6 Å². The molecule has 5 nitrogen and oxygen atoms in total. The normalized spacial score (nSPS) is 25.4. The van der Waals surface area contributed by atoms with Crippen LogP contribution in [0, 0.1) is 11.8 Å². The molecule has 0 saturated heterocycles. The van der Waals surface area contributed by atoms with Gasteiger partial charge in [0.25, 0.3) is 0 Å². The van der Waals surface area contributed by atoms with Gasteiger partial charge in [0.1, 0.15) is 19.2 Å². The summed E-state index contributed by atoms with van der Waals surface area (Å²) in [5.74, 6) is 0.790. The fraction of sp³-hybridized carbons (Fsp3) is 0.525. The van der Waals surface area contributed by atoms with Crippen molar-refractivity contribution >= 4 is 17.1 Å². The van der Waals surface area contributed by atoms with Crippen molar-refractivity contribution in [3.8, 4) is 0 Å². The molecule has 1 saturated carbocycles. The van der Waals surface area contributed by atoms with Crippen LogP contribution < -0.4 is 4.90 Å². The third-order valence-corrected chi connectivity index (χ3v) is 11.0. The molecule has 6 rings (SSSR count). The Kier molecular flexibility index (Phi) is 9.17. The summed E-state index contributed by atoms with van der Waals surface area (Å²) in [5, 5.41) is 4.74. The van der Waals surface area contributed by atoms with Crippen molar-refractivity contribution in [2.24, 2.45) is 11.8 Å². The van der Waals surface area contributed by atoms with Crippen LogP contribution in [0.15, 0.2) is 85.5 Å². The van der Waals surface area contributed by atoms with Gasteiger partial charge in [0, 0.05) is 47.7 Å². The predicted molar refractivity (Wildman–Crippen MR) is 188 cm³/mol. The van der Waals surface area contributed by atoms with E-state index in [0.29, 0.717) is 17.9 Å². The van der Waals surface area contributed by atoms with Crippen molar-refractivity contribution in [1.82, 2.24) is 14.8 Å². The maximum Gasteiger partial charge on any atom is 0.209 e. The summed E-state index contributed by atoms with van der Waals surface area (Å²) in [6, 6.07) is 18.7. The van der Waals surface area contributed by atoms with E-state index in [0.717, 1.165) is 13.1 Å². The first-order valence-electron chi connectivity index (χ1n) is 17.6. The van der Waals surface area contributed by atoms with E-state index in [-0.39, 0.29) is 16.9 Å². The molecule has 0 radical (unpaired) electrons. The fourth-order valence-corrected chi connectivity index (χ4v) is 8.49. The van der Waals surface area contributed by atoms with Gasteiger partial charge in [0.2, 0.25) is 5.69 Å². The van der Waals surface area contributed by atoms with Gasteiger partial charge < -0.3 is 4.90 Å². The molecular weight excluding hydrogens is 550 g/mol. The number of fused-ring (bicyclic) bond motifs is 2. The van der Waals surface area contributed by atoms with Crippen LogP contribution in [-0.4, -0.2) is 44.2 Å². The Hall–Kier alpha value is -3.47. The summed E-state index contributed by atoms with van der Waals surface area (Å²) in [6.07, 6.45) is 22.1. The first-order chi connectivity index (χ1) is 21.8. The first-order valence-corrected chi connectivity index (χ1v) is 17.6. The lowest BCUT2D eigenvalue weighted by atomic mass is 9.74. The van der Waals surface area contributed by atoms with Gasteiger partial charge in [-0.15, -0.1) is 0 Å². The second-order valence-corrected chi connectivity index (χ2v) is 14.6. The predicted octanol–water partition coefficient (Wildman–Crippen LogP) is 9.19. The zero-order chi connectivity index (χ0) is 31.6. The highest BCUT2D eigenvalue weighted by atomic mass is 15.3. The molecule has 1 aliphatic carbocycles. The van der Waals surface area contributed by atoms with Crippen LogP contribution in [-0.2, 0) is 10.8 Å². The smallest absolute Gasteiger partial charge is 0.209 e.